The fourth-order valence-electron chi connectivity index (χ4n) is 2.29. The van der Waals surface area contributed by atoms with E-state index >= 15 is 0 Å². The third-order valence-corrected chi connectivity index (χ3v) is 3.77. The van der Waals surface area contributed by atoms with Crippen molar-refractivity contribution in [1.82, 2.24) is 4.90 Å². The summed E-state index contributed by atoms with van der Waals surface area (Å²) < 4.78 is 0. The summed E-state index contributed by atoms with van der Waals surface area (Å²) in [4.78, 5) is 25.2. The normalized spacial score (nSPS) is 18.0. The minimum Gasteiger partial charge on any atom is -0.389 e. The molecule has 0 bridgehead atoms. The number of hydrogen-bond donors (Lipinski definition) is 2. The lowest BCUT2D eigenvalue weighted by atomic mass is 10.1. The van der Waals surface area contributed by atoms with Gasteiger partial charge in [0, 0.05) is 18.7 Å². The van der Waals surface area contributed by atoms with Gasteiger partial charge in [0.1, 0.15) is 4.99 Å². The topological polar surface area (TPSA) is 89.4 Å². The first-order valence-corrected chi connectivity index (χ1v) is 6.84. The van der Waals surface area contributed by atoms with E-state index in [1.807, 2.05) is 12.1 Å². The van der Waals surface area contributed by atoms with Crippen molar-refractivity contribution in [2.75, 3.05) is 13.1 Å². The number of benzene rings is 1. The molecule has 1 aromatic rings. The molecule has 1 aromatic carbocycles. The van der Waals surface area contributed by atoms with Crippen LogP contribution in [0.15, 0.2) is 24.3 Å². The second-order valence-corrected chi connectivity index (χ2v) is 5.41. The lowest BCUT2D eigenvalue weighted by Crippen LogP contribution is -2.32. The van der Waals surface area contributed by atoms with Crippen LogP contribution in [-0.4, -0.2) is 34.8 Å². The molecule has 1 unspecified atom stereocenters. The molecule has 1 saturated heterocycles. The summed E-state index contributed by atoms with van der Waals surface area (Å²) in [6.07, 6.45) is 0.963. The highest BCUT2D eigenvalue weighted by atomic mass is 32.1. The van der Waals surface area contributed by atoms with Crippen molar-refractivity contribution in [3.8, 4) is 0 Å². The van der Waals surface area contributed by atoms with Crippen molar-refractivity contribution in [3.05, 3.63) is 35.4 Å². The molecule has 2 amide bonds. The lowest BCUT2D eigenvalue weighted by Gasteiger charge is -2.16. The molecule has 2 rings (SSSR count). The average Bonchev–Trinajstić information content (AvgIpc) is 2.89. The quantitative estimate of drug-likeness (QED) is 0.775. The molecule has 0 aliphatic carbocycles. The van der Waals surface area contributed by atoms with E-state index in [-0.39, 0.29) is 17.7 Å². The van der Waals surface area contributed by atoms with Gasteiger partial charge in [-0.05, 0) is 12.0 Å². The maximum atomic E-state index is 12.1. The van der Waals surface area contributed by atoms with Gasteiger partial charge >= 0.3 is 0 Å². The summed E-state index contributed by atoms with van der Waals surface area (Å²) in [6.45, 7) is 1.02. The van der Waals surface area contributed by atoms with Crippen LogP contribution in [0.25, 0.3) is 0 Å². The van der Waals surface area contributed by atoms with E-state index < -0.39 is 0 Å². The maximum Gasteiger partial charge on any atom is 0.227 e. The molecular weight excluding hydrogens is 274 g/mol. The van der Waals surface area contributed by atoms with Crippen LogP contribution in [0.4, 0.5) is 0 Å². The van der Waals surface area contributed by atoms with Crippen molar-refractivity contribution in [2.24, 2.45) is 17.4 Å². The second kappa shape index (κ2) is 6.00. The van der Waals surface area contributed by atoms with E-state index in [0.29, 0.717) is 30.9 Å². The number of nitrogens with zero attached hydrogens (tertiary/aromatic N) is 1. The number of thiocarbonyl (C=S) groups is 1. The monoisotopic (exact) mass is 291 g/mol. The fraction of sp³-hybridized carbons (Fsp3) is 0.357. The van der Waals surface area contributed by atoms with Crippen molar-refractivity contribution in [1.29, 1.82) is 0 Å². The Morgan fingerprint density at radius 2 is 1.90 bits per heavy atom. The molecule has 5 nitrogen and oxygen atoms in total. The molecule has 0 spiro atoms. The Hall–Kier alpha value is -1.95. The van der Waals surface area contributed by atoms with Crippen LogP contribution >= 0.6 is 12.2 Å². The first-order chi connectivity index (χ1) is 9.47. The van der Waals surface area contributed by atoms with Gasteiger partial charge in [-0.25, -0.2) is 0 Å². The van der Waals surface area contributed by atoms with Crippen molar-refractivity contribution < 1.29 is 9.59 Å². The highest BCUT2D eigenvalue weighted by Gasteiger charge is 2.29. The number of likely N-dealkylation sites (tertiary alicyclic amines) is 1. The molecule has 1 atom stereocenters. The van der Waals surface area contributed by atoms with E-state index in [2.05, 4.69) is 0 Å². The van der Waals surface area contributed by atoms with E-state index in [4.69, 9.17) is 23.7 Å². The molecule has 1 heterocycles. The highest BCUT2D eigenvalue weighted by molar-refractivity contribution is 7.80. The first kappa shape index (κ1) is 14.5. The van der Waals surface area contributed by atoms with Gasteiger partial charge < -0.3 is 16.4 Å². The number of carbonyl (C=O) groups is 2. The summed E-state index contributed by atoms with van der Waals surface area (Å²) >= 11 is 4.88. The summed E-state index contributed by atoms with van der Waals surface area (Å²) in [5.74, 6) is -0.533. The van der Waals surface area contributed by atoms with E-state index in [1.165, 1.54) is 0 Å². The maximum absolute atomic E-state index is 12.1. The van der Waals surface area contributed by atoms with Gasteiger partial charge in [0.05, 0.1) is 12.3 Å². The number of carbonyl (C=O) groups excluding carboxylic acids is 2. The van der Waals surface area contributed by atoms with Gasteiger partial charge in [0.15, 0.2) is 0 Å². The van der Waals surface area contributed by atoms with Crippen LogP contribution in [0.2, 0.25) is 0 Å². The molecule has 4 N–H and O–H groups in total. The summed E-state index contributed by atoms with van der Waals surface area (Å²) in [7, 11) is 0. The molecule has 0 saturated carbocycles. The number of rotatable bonds is 4. The molecule has 1 fully saturated rings. The Bertz CT molecular complexity index is 542. The summed E-state index contributed by atoms with van der Waals surface area (Å²) in [5, 5.41) is 0. The number of amides is 2. The van der Waals surface area contributed by atoms with Gasteiger partial charge in [-0.1, -0.05) is 36.5 Å². The predicted octanol–water partition coefficient (Wildman–Crippen LogP) is 0.197. The number of hydrogen-bond acceptors (Lipinski definition) is 3. The average molecular weight is 291 g/mol. The molecule has 6 heteroatoms. The SMILES string of the molecule is NC(=O)C1CCN(C(=O)Cc2ccc(C(N)=S)cc2)C1. The highest BCUT2D eigenvalue weighted by Crippen LogP contribution is 2.17. The molecule has 1 aliphatic heterocycles. The largest absolute Gasteiger partial charge is 0.389 e. The van der Waals surface area contributed by atoms with E-state index in [9.17, 15) is 9.59 Å². The smallest absolute Gasteiger partial charge is 0.227 e. The summed E-state index contributed by atoms with van der Waals surface area (Å²) in [5.41, 5.74) is 12.5. The lowest BCUT2D eigenvalue weighted by molar-refractivity contribution is -0.129. The molecular formula is C14H17N3O2S. The van der Waals surface area contributed by atoms with Crippen LogP contribution in [0.5, 0.6) is 0 Å². The van der Waals surface area contributed by atoms with Crippen LogP contribution in [0, 0.1) is 5.92 Å². The third-order valence-electron chi connectivity index (χ3n) is 3.54. The first-order valence-electron chi connectivity index (χ1n) is 6.43. The van der Waals surface area contributed by atoms with E-state index in [1.54, 1.807) is 17.0 Å². The third kappa shape index (κ3) is 3.33. The number of nitrogens with two attached hydrogens (primary N) is 2. The minimum atomic E-state index is -0.332. The second-order valence-electron chi connectivity index (χ2n) is 4.97. The zero-order valence-electron chi connectivity index (χ0n) is 11.0. The van der Waals surface area contributed by atoms with Crippen LogP contribution in [-0.2, 0) is 16.0 Å². The minimum absolute atomic E-state index is 0.0109. The number of primary amides is 1. The standard InChI is InChI=1S/C14H17N3O2S/c15-13(19)11-5-6-17(8-11)12(18)7-9-1-3-10(4-2-9)14(16)20/h1-4,11H,5-8H2,(H2,15,19)(H2,16,20). The van der Waals surface area contributed by atoms with Crippen LogP contribution in [0.1, 0.15) is 17.5 Å². The summed E-state index contributed by atoms with van der Waals surface area (Å²) in [6, 6.07) is 7.30. The van der Waals surface area contributed by atoms with Crippen molar-refractivity contribution in [2.45, 2.75) is 12.8 Å². The molecule has 1 aliphatic rings. The fourth-order valence-corrected chi connectivity index (χ4v) is 2.43. The van der Waals surface area contributed by atoms with E-state index in [0.717, 1.165) is 11.1 Å². The Balaban J connectivity index is 1.95. The molecule has 0 aromatic heterocycles. The zero-order valence-corrected chi connectivity index (χ0v) is 11.9. The Morgan fingerprint density at radius 3 is 2.40 bits per heavy atom. The van der Waals surface area contributed by atoms with Gasteiger partial charge in [-0.2, -0.15) is 0 Å². The zero-order chi connectivity index (χ0) is 14.7. The molecule has 106 valence electrons. The van der Waals surface area contributed by atoms with Crippen LogP contribution in [0.3, 0.4) is 0 Å². The van der Waals surface area contributed by atoms with Gasteiger partial charge in [-0.3, -0.25) is 9.59 Å². The van der Waals surface area contributed by atoms with Gasteiger partial charge in [-0.15, -0.1) is 0 Å². The van der Waals surface area contributed by atoms with Crippen LogP contribution < -0.4 is 11.5 Å². The van der Waals surface area contributed by atoms with Gasteiger partial charge in [0.2, 0.25) is 11.8 Å². The Labute approximate surface area is 122 Å². The Kier molecular flexibility index (Phi) is 4.34. The van der Waals surface area contributed by atoms with Crippen molar-refractivity contribution >= 4 is 29.0 Å². The Morgan fingerprint density at radius 1 is 1.25 bits per heavy atom. The van der Waals surface area contributed by atoms with Crippen molar-refractivity contribution in [3.63, 3.8) is 0 Å². The van der Waals surface area contributed by atoms with Gasteiger partial charge in [0.25, 0.3) is 0 Å². The predicted molar refractivity (Wildman–Crippen MR) is 79.9 cm³/mol. The molecule has 20 heavy (non-hydrogen) atoms. The molecule has 0 radical (unpaired) electrons.